The number of nitrogen functional groups attached to an aromatic ring is 1. The second-order valence-electron chi connectivity index (χ2n) is 5.16. The van der Waals surface area contributed by atoms with Crippen LogP contribution in [0.25, 0.3) is 0 Å². The topological polar surface area (TPSA) is 72.6 Å². The summed E-state index contributed by atoms with van der Waals surface area (Å²) in [7, 11) is 1.37. The second kappa shape index (κ2) is 6.93. The molecule has 6 heteroatoms. The van der Waals surface area contributed by atoms with Gasteiger partial charge in [-0.05, 0) is 53.4 Å². The van der Waals surface area contributed by atoms with E-state index < -0.39 is 0 Å². The van der Waals surface area contributed by atoms with Crippen LogP contribution in [0.2, 0.25) is 0 Å². The Kier molecular flexibility index (Phi) is 5.22. The number of carbonyl (C=O) groups excluding carboxylic acids is 2. The van der Waals surface area contributed by atoms with Gasteiger partial charge in [0.05, 0.1) is 13.5 Å². The van der Waals surface area contributed by atoms with Gasteiger partial charge in [0, 0.05) is 28.3 Å². The molecule has 0 spiro atoms. The number of amides is 1. The van der Waals surface area contributed by atoms with Crippen LogP contribution in [-0.4, -0.2) is 36.5 Å². The number of benzene rings is 1. The molecule has 0 bridgehead atoms. The lowest BCUT2D eigenvalue weighted by Crippen LogP contribution is -2.44. The molecule has 2 N–H and O–H groups in total. The molecule has 0 saturated carbocycles. The van der Waals surface area contributed by atoms with E-state index in [2.05, 4.69) is 15.9 Å². The molecule has 5 nitrogen and oxygen atoms in total. The van der Waals surface area contributed by atoms with Gasteiger partial charge < -0.3 is 15.4 Å². The zero-order chi connectivity index (χ0) is 15.4. The molecule has 1 atom stereocenters. The Hall–Kier alpha value is -1.56. The SMILES string of the molecule is COC(=O)CC1CCCCN1C(=O)c1ccc(N)c(Br)c1. The number of halogens is 1. The Morgan fingerprint density at radius 3 is 2.86 bits per heavy atom. The Morgan fingerprint density at radius 1 is 1.43 bits per heavy atom. The van der Waals surface area contributed by atoms with Gasteiger partial charge >= 0.3 is 5.97 Å². The summed E-state index contributed by atoms with van der Waals surface area (Å²) in [5, 5.41) is 0. The lowest BCUT2D eigenvalue weighted by Gasteiger charge is -2.35. The number of esters is 1. The monoisotopic (exact) mass is 354 g/mol. The summed E-state index contributed by atoms with van der Waals surface area (Å²) in [6.07, 6.45) is 3.06. The molecule has 1 aromatic rings. The van der Waals surface area contributed by atoms with E-state index in [1.807, 2.05) is 0 Å². The minimum absolute atomic E-state index is 0.0655. The van der Waals surface area contributed by atoms with E-state index in [1.54, 1.807) is 23.1 Å². The number of likely N-dealkylation sites (tertiary alicyclic amines) is 1. The zero-order valence-corrected chi connectivity index (χ0v) is 13.6. The van der Waals surface area contributed by atoms with Crippen molar-refractivity contribution in [1.82, 2.24) is 4.90 Å². The van der Waals surface area contributed by atoms with Crippen LogP contribution < -0.4 is 5.73 Å². The highest BCUT2D eigenvalue weighted by atomic mass is 79.9. The molecule has 2 rings (SSSR count). The van der Waals surface area contributed by atoms with E-state index in [9.17, 15) is 9.59 Å². The number of carbonyl (C=O) groups is 2. The van der Waals surface area contributed by atoms with Crippen molar-refractivity contribution in [3.8, 4) is 0 Å². The highest BCUT2D eigenvalue weighted by Gasteiger charge is 2.29. The highest BCUT2D eigenvalue weighted by molar-refractivity contribution is 9.10. The average Bonchev–Trinajstić information content (AvgIpc) is 2.49. The quantitative estimate of drug-likeness (QED) is 0.668. The molecule has 21 heavy (non-hydrogen) atoms. The molecule has 1 aliphatic rings. The average molecular weight is 355 g/mol. The lowest BCUT2D eigenvalue weighted by atomic mass is 9.98. The van der Waals surface area contributed by atoms with Crippen molar-refractivity contribution in [2.45, 2.75) is 31.7 Å². The summed E-state index contributed by atoms with van der Waals surface area (Å²) in [6, 6.07) is 5.06. The maximum atomic E-state index is 12.7. The minimum Gasteiger partial charge on any atom is -0.469 e. The van der Waals surface area contributed by atoms with Crippen molar-refractivity contribution in [2.24, 2.45) is 0 Å². The van der Waals surface area contributed by atoms with Crippen LogP contribution in [0.3, 0.4) is 0 Å². The van der Waals surface area contributed by atoms with Crippen LogP contribution in [-0.2, 0) is 9.53 Å². The maximum Gasteiger partial charge on any atom is 0.307 e. The van der Waals surface area contributed by atoms with Gasteiger partial charge in [0.15, 0.2) is 0 Å². The molecule has 1 unspecified atom stereocenters. The first-order valence-electron chi connectivity index (χ1n) is 6.95. The summed E-state index contributed by atoms with van der Waals surface area (Å²) in [5.74, 6) is -0.345. The number of anilines is 1. The predicted octanol–water partition coefficient (Wildman–Crippen LogP) is 2.59. The molecule has 1 aliphatic heterocycles. The largest absolute Gasteiger partial charge is 0.469 e. The van der Waals surface area contributed by atoms with Gasteiger partial charge in [-0.2, -0.15) is 0 Å². The number of ether oxygens (including phenoxy) is 1. The first-order valence-corrected chi connectivity index (χ1v) is 7.75. The van der Waals surface area contributed by atoms with Crippen LogP contribution >= 0.6 is 15.9 Å². The van der Waals surface area contributed by atoms with Gasteiger partial charge in [-0.25, -0.2) is 0 Å². The molecule has 1 fully saturated rings. The first-order chi connectivity index (χ1) is 10.0. The van der Waals surface area contributed by atoms with Crippen LogP contribution in [0, 0.1) is 0 Å². The van der Waals surface area contributed by atoms with E-state index in [0.717, 1.165) is 19.3 Å². The van der Waals surface area contributed by atoms with Crippen molar-refractivity contribution < 1.29 is 14.3 Å². The summed E-state index contributed by atoms with van der Waals surface area (Å²) >= 11 is 3.34. The fourth-order valence-corrected chi connectivity index (χ4v) is 2.96. The van der Waals surface area contributed by atoms with Crippen molar-refractivity contribution in [3.05, 3.63) is 28.2 Å². The first kappa shape index (κ1) is 15.8. The van der Waals surface area contributed by atoms with Crippen molar-refractivity contribution >= 4 is 33.5 Å². The van der Waals surface area contributed by atoms with E-state index >= 15 is 0 Å². The number of piperidine rings is 1. The number of methoxy groups -OCH3 is 1. The number of hydrogen-bond acceptors (Lipinski definition) is 4. The summed E-state index contributed by atoms with van der Waals surface area (Å²) in [4.78, 5) is 25.9. The third-order valence-corrected chi connectivity index (χ3v) is 4.45. The zero-order valence-electron chi connectivity index (χ0n) is 12.0. The van der Waals surface area contributed by atoms with Gasteiger partial charge in [-0.3, -0.25) is 9.59 Å². The summed E-state index contributed by atoms with van der Waals surface area (Å²) in [5.41, 5.74) is 6.92. The fraction of sp³-hybridized carbons (Fsp3) is 0.467. The van der Waals surface area contributed by atoms with Crippen molar-refractivity contribution in [1.29, 1.82) is 0 Å². The third kappa shape index (κ3) is 3.75. The Balaban J connectivity index is 2.17. The molecule has 1 heterocycles. The summed E-state index contributed by atoms with van der Waals surface area (Å²) < 4.78 is 5.42. The van der Waals surface area contributed by atoms with E-state index in [1.165, 1.54) is 7.11 Å². The number of hydrogen-bond donors (Lipinski definition) is 1. The Bertz CT molecular complexity index is 548. The highest BCUT2D eigenvalue weighted by Crippen LogP contribution is 2.25. The van der Waals surface area contributed by atoms with Gasteiger partial charge in [0.2, 0.25) is 0 Å². The third-order valence-electron chi connectivity index (χ3n) is 3.77. The summed E-state index contributed by atoms with van der Waals surface area (Å²) in [6.45, 7) is 0.669. The molecule has 114 valence electrons. The van der Waals surface area contributed by atoms with E-state index in [0.29, 0.717) is 22.3 Å². The maximum absolute atomic E-state index is 12.7. The molecule has 0 aliphatic carbocycles. The van der Waals surface area contributed by atoms with Crippen LogP contribution in [0.4, 0.5) is 5.69 Å². The molecular formula is C15H19BrN2O3. The molecule has 1 amide bonds. The molecule has 1 saturated heterocycles. The number of rotatable bonds is 3. The Labute approximate surface area is 132 Å². The molecule has 0 aromatic heterocycles. The second-order valence-corrected chi connectivity index (χ2v) is 6.02. The normalized spacial score (nSPS) is 18.4. The van der Waals surface area contributed by atoms with Crippen molar-refractivity contribution in [3.63, 3.8) is 0 Å². The standard InChI is InChI=1S/C15H19BrN2O3/c1-21-14(19)9-11-4-2-3-7-18(11)15(20)10-5-6-13(17)12(16)8-10/h5-6,8,11H,2-4,7,9,17H2,1H3. The minimum atomic E-state index is -0.279. The lowest BCUT2D eigenvalue weighted by molar-refractivity contribution is -0.142. The molecule has 0 radical (unpaired) electrons. The Morgan fingerprint density at radius 2 is 2.19 bits per heavy atom. The molecule has 1 aromatic carbocycles. The van der Waals surface area contributed by atoms with E-state index in [4.69, 9.17) is 10.5 Å². The van der Waals surface area contributed by atoms with Gasteiger partial charge in [-0.15, -0.1) is 0 Å². The van der Waals surface area contributed by atoms with E-state index in [-0.39, 0.29) is 24.3 Å². The molecular weight excluding hydrogens is 336 g/mol. The van der Waals surface area contributed by atoms with Gasteiger partial charge in [-0.1, -0.05) is 0 Å². The van der Waals surface area contributed by atoms with Crippen LogP contribution in [0.5, 0.6) is 0 Å². The van der Waals surface area contributed by atoms with Crippen LogP contribution in [0.1, 0.15) is 36.0 Å². The predicted molar refractivity (Wildman–Crippen MR) is 83.9 cm³/mol. The van der Waals surface area contributed by atoms with Crippen LogP contribution in [0.15, 0.2) is 22.7 Å². The van der Waals surface area contributed by atoms with Gasteiger partial charge in [0.25, 0.3) is 5.91 Å². The van der Waals surface area contributed by atoms with Gasteiger partial charge in [0.1, 0.15) is 0 Å². The van der Waals surface area contributed by atoms with Crippen molar-refractivity contribution in [2.75, 3.05) is 19.4 Å². The smallest absolute Gasteiger partial charge is 0.307 e. The number of nitrogens with zero attached hydrogens (tertiary/aromatic N) is 1. The fourth-order valence-electron chi connectivity index (χ4n) is 2.58. The number of nitrogens with two attached hydrogens (primary N) is 1.